The van der Waals surface area contributed by atoms with Crippen molar-refractivity contribution in [3.05, 3.63) is 0 Å². The van der Waals surface area contributed by atoms with Gasteiger partial charge in [0.15, 0.2) is 0 Å². The second-order valence-corrected chi connectivity index (χ2v) is 0. The van der Waals surface area contributed by atoms with E-state index in [1.54, 1.807) is 0 Å². The van der Waals surface area contributed by atoms with Gasteiger partial charge >= 0.3 is 37.7 Å². The monoisotopic (exact) mass is 78.0 g/mol. The van der Waals surface area contributed by atoms with E-state index in [2.05, 4.69) is 0 Å². The first kappa shape index (κ1) is 42.1. The first-order valence-corrected chi connectivity index (χ1v) is 0. The maximum absolute atomic E-state index is 0. The minimum atomic E-state index is 0. The molecular weight excluding hydrogens is 74.0 g/mol. The Labute approximate surface area is 61.9 Å². The van der Waals surface area contributed by atoms with Gasteiger partial charge in [-0.05, 0) is 11.0 Å². The molecule has 0 heterocycles. The van der Waals surface area contributed by atoms with Crippen molar-refractivity contribution in [2.24, 2.45) is 0 Å². The summed E-state index contributed by atoms with van der Waals surface area (Å²) in [7, 11) is 0. The van der Waals surface area contributed by atoms with Gasteiger partial charge in [-0.15, -0.1) is 0 Å². The molecule has 0 bridgehead atoms. The molecule has 0 rings (SSSR count). The van der Waals surface area contributed by atoms with E-state index in [0.717, 1.165) is 0 Å². The molecule has 0 amide bonds. The van der Waals surface area contributed by atoms with E-state index in [1.165, 1.54) is 0 Å². The quantitative estimate of drug-likeness (QED) is 0.252. The minimum Gasteiger partial charge on any atom is -2.00 e. The average molecular weight is 78.1 g/mol. The molecule has 0 unspecified atom stereocenters. The van der Waals surface area contributed by atoms with Gasteiger partial charge in [0, 0.05) is 0 Å². The van der Waals surface area contributed by atoms with E-state index < -0.39 is 0 Å². The van der Waals surface area contributed by atoms with Crippen LogP contribution in [0.15, 0.2) is 0 Å². The molecule has 0 saturated heterocycles. The Morgan fingerprint density at radius 3 is 0.750 bits per heavy atom. The van der Waals surface area contributed by atoms with Crippen LogP contribution in [-0.2, 0) is 13.5 Å². The van der Waals surface area contributed by atoms with Crippen LogP contribution in [0.25, 0.3) is 0 Å². The normalized spacial score (nSPS) is 0. The molecule has 16 valence electrons. The van der Waals surface area contributed by atoms with Gasteiger partial charge in [-0.25, -0.2) is 0 Å². The van der Waals surface area contributed by atoms with Crippen molar-refractivity contribution < 1.29 is 37.7 Å². The maximum atomic E-state index is 0. The van der Waals surface area contributed by atoms with Crippen LogP contribution in [0.5, 0.6) is 0 Å². The molecule has 0 radical (unpaired) electrons. The third kappa shape index (κ3) is 9.24. The van der Waals surface area contributed by atoms with Crippen LogP contribution < -0.4 is 37.7 Å². The van der Waals surface area contributed by atoms with Gasteiger partial charge in [0.1, 0.15) is 0 Å². The zero-order chi connectivity index (χ0) is 0. The largest absolute Gasteiger partial charge is 2.00 e. The van der Waals surface area contributed by atoms with Crippen LogP contribution in [0.2, 0.25) is 0 Å². The van der Waals surface area contributed by atoms with Crippen LogP contribution in [0.3, 0.4) is 0 Å². The van der Waals surface area contributed by atoms with Gasteiger partial charge in [-0.3, -0.25) is 0 Å². The van der Waals surface area contributed by atoms with Gasteiger partial charge in [-0.1, -0.05) is 0 Å². The fraction of sp³-hybridized carbons (Fsp3) is 0. The Balaban J connectivity index is 0. The third-order valence-electron chi connectivity index (χ3n) is 0. The smallest absolute Gasteiger partial charge is 1.00 e. The molecule has 0 aromatic carbocycles. The van der Waals surface area contributed by atoms with Crippen LogP contribution >= 0.6 is 0 Å². The summed E-state index contributed by atoms with van der Waals surface area (Å²) in [5.41, 5.74) is 0. The summed E-state index contributed by atoms with van der Waals surface area (Å²) < 4.78 is 0. The molecule has 0 aliphatic heterocycles. The summed E-state index contributed by atoms with van der Waals surface area (Å²) in [6.07, 6.45) is 0. The van der Waals surface area contributed by atoms with E-state index in [0.29, 0.717) is 0 Å². The molecule has 0 aromatic heterocycles. The second-order valence-electron chi connectivity index (χ2n) is 0. The fourth-order valence-corrected chi connectivity index (χ4v) is 0. The molecule has 4 heavy (non-hydrogen) atoms. The fourth-order valence-electron chi connectivity index (χ4n) is 0. The van der Waals surface area contributed by atoms with E-state index in [9.17, 15) is 0 Å². The van der Waals surface area contributed by atoms with E-state index in [-0.39, 0.29) is 62.2 Å². The van der Waals surface area contributed by atoms with Crippen molar-refractivity contribution in [3.8, 4) is 0 Å². The number of hydrogen-bond acceptors (Lipinski definition) is 0. The van der Waals surface area contributed by atoms with E-state index in [4.69, 9.17) is 0 Å². The maximum Gasteiger partial charge on any atom is 1.00 e. The van der Waals surface area contributed by atoms with Gasteiger partial charge in [0.25, 0.3) is 0 Å². The number of hydrogen-bond donors (Lipinski definition) is 0. The zero-order valence-electron chi connectivity index (χ0n) is 2.41. The third-order valence-corrected chi connectivity index (χ3v) is 0. The van der Waals surface area contributed by atoms with Gasteiger partial charge in [-0.2, -0.15) is 0 Å². The molecule has 0 saturated carbocycles. The van der Waals surface area contributed by atoms with Crippen molar-refractivity contribution in [3.63, 3.8) is 0 Å². The van der Waals surface area contributed by atoms with Crippen LogP contribution in [0, 0.1) is 0 Å². The molecule has 0 aliphatic carbocycles. The summed E-state index contributed by atoms with van der Waals surface area (Å²) >= 11 is 0. The molecule has 4 heteroatoms. The summed E-state index contributed by atoms with van der Waals surface area (Å²) in [6, 6.07) is 0. The van der Waals surface area contributed by atoms with Gasteiger partial charge in [0.05, 0.1) is 0 Å². The van der Waals surface area contributed by atoms with E-state index >= 15 is 0 Å². The van der Waals surface area contributed by atoms with Gasteiger partial charge in [0.2, 0.25) is 0 Å². The van der Waals surface area contributed by atoms with Crippen molar-refractivity contribution in [2.45, 2.75) is 0 Å². The molecule has 0 atom stereocenters. The Bertz CT molecular complexity index is 6.00. The van der Waals surface area contributed by atoms with Crippen LogP contribution in [0.4, 0.5) is 0 Å². The number of rotatable bonds is 0. The average Bonchev–Trinajstić information content (AvgIpc) is 0. The SMILES string of the molecule is [Li+].[Li+].[S-2].[SiH4]. The zero-order valence-corrected chi connectivity index (χ0v) is 3.22. The van der Waals surface area contributed by atoms with Crippen molar-refractivity contribution in [1.29, 1.82) is 0 Å². The predicted octanol–water partition coefficient (Wildman–Crippen LogP) is -7.45. The Morgan fingerprint density at radius 1 is 0.750 bits per heavy atom. The molecule has 0 aliphatic rings. The molecule has 0 N–H and O–H groups in total. The van der Waals surface area contributed by atoms with Crippen molar-refractivity contribution in [1.82, 2.24) is 0 Å². The topological polar surface area (TPSA) is 0 Å². The molecule has 0 nitrogen and oxygen atoms in total. The van der Waals surface area contributed by atoms with Crippen molar-refractivity contribution in [2.75, 3.05) is 0 Å². The summed E-state index contributed by atoms with van der Waals surface area (Å²) in [5, 5.41) is 0. The molecular formula is H4Li2SSi. The summed E-state index contributed by atoms with van der Waals surface area (Å²) in [4.78, 5) is 0. The minimum absolute atomic E-state index is 0. The molecule has 0 fully saturated rings. The Morgan fingerprint density at radius 2 is 0.750 bits per heavy atom. The molecule has 0 spiro atoms. The Kier molecular flexibility index (Phi) is 228. The van der Waals surface area contributed by atoms with Crippen molar-refractivity contribution >= 4 is 24.5 Å². The second kappa shape index (κ2) is 21.7. The van der Waals surface area contributed by atoms with Crippen LogP contribution in [-0.4, -0.2) is 11.0 Å². The standard InChI is InChI=1S/2Li.S.H4Si/h;;;1H4/q2*+1;-2;. The Hall–Kier alpha value is 1.76. The summed E-state index contributed by atoms with van der Waals surface area (Å²) in [5.74, 6) is 0. The van der Waals surface area contributed by atoms with E-state index in [1.807, 2.05) is 0 Å². The first-order valence-electron chi connectivity index (χ1n) is 0. The van der Waals surface area contributed by atoms with Crippen LogP contribution in [0.1, 0.15) is 0 Å². The first-order chi connectivity index (χ1) is 0. The summed E-state index contributed by atoms with van der Waals surface area (Å²) in [6.45, 7) is 0. The van der Waals surface area contributed by atoms with Gasteiger partial charge < -0.3 is 13.5 Å². The molecule has 0 aromatic rings. The predicted molar refractivity (Wildman–Crippen MR) is 18.7 cm³/mol.